The minimum absolute atomic E-state index is 0. The summed E-state index contributed by atoms with van der Waals surface area (Å²) in [5.41, 5.74) is 0. The number of likely N-dealkylation sites (N-methyl/N-ethyl adjacent to an activating group) is 2. The molecule has 102 valence electrons. The van der Waals surface area contributed by atoms with E-state index >= 15 is 0 Å². The Hall–Kier alpha value is -0.240. The van der Waals surface area contributed by atoms with Crippen LogP contribution < -0.4 is 12.3 Å². The highest BCUT2D eigenvalue weighted by molar-refractivity contribution is 4.42. The molecule has 0 rings (SSSR count). The second-order valence-electron chi connectivity index (χ2n) is 3.83. The number of nitrogens with zero attached hydrogens (tertiary/aromatic N) is 2. The van der Waals surface area contributed by atoms with Crippen molar-refractivity contribution in [3.05, 3.63) is 0 Å². The van der Waals surface area contributed by atoms with Gasteiger partial charge in [0.05, 0.1) is 26.4 Å². The van der Waals surface area contributed by atoms with Crippen molar-refractivity contribution in [2.45, 2.75) is 0 Å². The molecule has 0 saturated heterocycles. The van der Waals surface area contributed by atoms with E-state index in [0.717, 1.165) is 26.3 Å². The van der Waals surface area contributed by atoms with Gasteiger partial charge in [-0.1, -0.05) is 0 Å². The molecule has 0 aromatic carbocycles. The van der Waals surface area contributed by atoms with Crippen molar-refractivity contribution in [3.63, 3.8) is 0 Å². The number of hydrogen-bond donors (Lipinski definition) is 2. The Balaban J connectivity index is -0.000000845. The molecule has 0 aliphatic rings. The van der Waals surface area contributed by atoms with Gasteiger partial charge in [-0.05, 0) is 28.2 Å². The second kappa shape index (κ2) is 14.8. The van der Waals surface area contributed by atoms with E-state index < -0.39 is 0 Å². The van der Waals surface area contributed by atoms with Gasteiger partial charge in [0.15, 0.2) is 0 Å². The molecule has 0 aromatic rings. The van der Waals surface area contributed by atoms with Crippen LogP contribution in [-0.2, 0) is 9.47 Å². The number of hydrogen-bond acceptors (Lipinski definition) is 6. The largest absolute Gasteiger partial charge is 0.378 e. The Morgan fingerprint density at radius 2 is 0.938 bits per heavy atom. The van der Waals surface area contributed by atoms with Crippen LogP contribution in [0.4, 0.5) is 0 Å². The molecule has 16 heavy (non-hydrogen) atoms. The Morgan fingerprint density at radius 1 is 0.625 bits per heavy atom. The Labute approximate surface area is 100 Å². The average molecular weight is 238 g/mol. The predicted molar refractivity (Wildman–Crippen MR) is 68.8 cm³/mol. The van der Waals surface area contributed by atoms with Crippen molar-refractivity contribution in [1.82, 2.24) is 22.1 Å². The Kier molecular flexibility index (Phi) is 19.5. The predicted octanol–water partition coefficient (Wildman–Crippen LogP) is 0.467. The van der Waals surface area contributed by atoms with Gasteiger partial charge in [-0.3, -0.25) is 0 Å². The first-order valence-electron chi connectivity index (χ1n) is 5.08. The SMILES string of the molecule is CN(C)CCOCCOCCN(C)C.N.N. The highest BCUT2D eigenvalue weighted by Gasteiger charge is 1.92. The maximum Gasteiger partial charge on any atom is 0.0701 e. The average Bonchev–Trinajstić information content (AvgIpc) is 2.08. The Morgan fingerprint density at radius 3 is 1.19 bits per heavy atom. The quantitative estimate of drug-likeness (QED) is 0.567. The second-order valence-corrected chi connectivity index (χ2v) is 3.83. The van der Waals surface area contributed by atoms with Gasteiger partial charge in [-0.2, -0.15) is 0 Å². The first-order chi connectivity index (χ1) is 6.63. The molecule has 6 heteroatoms. The maximum absolute atomic E-state index is 5.37. The monoisotopic (exact) mass is 238 g/mol. The normalized spacial score (nSPS) is 10.1. The van der Waals surface area contributed by atoms with Crippen molar-refractivity contribution in [3.8, 4) is 0 Å². The van der Waals surface area contributed by atoms with E-state index in [9.17, 15) is 0 Å². The van der Waals surface area contributed by atoms with Gasteiger partial charge >= 0.3 is 0 Å². The third kappa shape index (κ3) is 19.4. The lowest BCUT2D eigenvalue weighted by Crippen LogP contribution is -2.21. The molecular weight excluding hydrogens is 208 g/mol. The van der Waals surface area contributed by atoms with Crippen LogP contribution in [0.3, 0.4) is 0 Å². The van der Waals surface area contributed by atoms with Gasteiger partial charge < -0.3 is 31.6 Å². The first-order valence-corrected chi connectivity index (χ1v) is 5.08. The van der Waals surface area contributed by atoms with E-state index in [1.54, 1.807) is 0 Å². The summed E-state index contributed by atoms with van der Waals surface area (Å²) in [7, 11) is 8.15. The molecule has 0 saturated carbocycles. The van der Waals surface area contributed by atoms with E-state index in [4.69, 9.17) is 9.47 Å². The summed E-state index contributed by atoms with van der Waals surface area (Å²) in [4.78, 5) is 4.21. The zero-order valence-electron chi connectivity index (χ0n) is 11.4. The van der Waals surface area contributed by atoms with E-state index in [0.29, 0.717) is 13.2 Å². The van der Waals surface area contributed by atoms with Crippen molar-refractivity contribution >= 4 is 0 Å². The fourth-order valence-corrected chi connectivity index (χ4v) is 0.816. The highest BCUT2D eigenvalue weighted by Crippen LogP contribution is 1.82. The van der Waals surface area contributed by atoms with Gasteiger partial charge in [0.1, 0.15) is 0 Å². The molecule has 0 heterocycles. The van der Waals surface area contributed by atoms with Gasteiger partial charge in [0.2, 0.25) is 0 Å². The molecule has 0 aliphatic heterocycles. The number of rotatable bonds is 9. The summed E-state index contributed by atoms with van der Waals surface area (Å²) in [6.07, 6.45) is 0. The summed E-state index contributed by atoms with van der Waals surface area (Å²) >= 11 is 0. The topological polar surface area (TPSA) is 94.9 Å². The zero-order valence-corrected chi connectivity index (χ0v) is 11.4. The van der Waals surface area contributed by atoms with Gasteiger partial charge in [-0.15, -0.1) is 0 Å². The van der Waals surface area contributed by atoms with Crippen LogP contribution in [0.1, 0.15) is 0 Å². The highest BCUT2D eigenvalue weighted by atomic mass is 16.5. The fourth-order valence-electron chi connectivity index (χ4n) is 0.816. The lowest BCUT2D eigenvalue weighted by molar-refractivity contribution is 0.0382. The van der Waals surface area contributed by atoms with Gasteiger partial charge in [0, 0.05) is 13.1 Å². The van der Waals surface area contributed by atoms with E-state index in [1.165, 1.54) is 0 Å². The maximum atomic E-state index is 5.37. The standard InChI is InChI=1S/C10H24N2O2.2H3N/c1-11(2)5-7-13-9-10-14-8-6-12(3)4;;/h5-10H2,1-4H3;2*1H3. The molecule has 6 nitrogen and oxygen atoms in total. The van der Waals surface area contributed by atoms with Crippen molar-refractivity contribution in [1.29, 1.82) is 0 Å². The Bertz CT molecular complexity index is 109. The van der Waals surface area contributed by atoms with E-state index in [2.05, 4.69) is 9.80 Å². The van der Waals surface area contributed by atoms with E-state index in [-0.39, 0.29) is 12.3 Å². The summed E-state index contributed by atoms with van der Waals surface area (Å²) in [6.45, 7) is 4.89. The molecule has 0 bridgehead atoms. The fraction of sp³-hybridized carbons (Fsp3) is 1.00. The van der Waals surface area contributed by atoms with Crippen molar-refractivity contribution in [2.75, 3.05) is 67.7 Å². The lowest BCUT2D eigenvalue weighted by Gasteiger charge is -2.11. The molecule has 0 unspecified atom stereocenters. The third-order valence-corrected chi connectivity index (χ3v) is 1.74. The van der Waals surface area contributed by atoms with Crippen LogP contribution in [0.25, 0.3) is 0 Å². The molecule has 0 atom stereocenters. The minimum atomic E-state index is 0. The molecule has 0 aliphatic carbocycles. The van der Waals surface area contributed by atoms with Crippen LogP contribution in [0.2, 0.25) is 0 Å². The van der Waals surface area contributed by atoms with Crippen LogP contribution in [-0.4, -0.2) is 77.5 Å². The molecule has 0 amide bonds. The number of ether oxygens (including phenoxy) is 2. The van der Waals surface area contributed by atoms with Crippen LogP contribution in [0.15, 0.2) is 0 Å². The molecule has 6 N–H and O–H groups in total. The van der Waals surface area contributed by atoms with Crippen LogP contribution in [0, 0.1) is 0 Å². The summed E-state index contributed by atoms with van der Waals surface area (Å²) in [5.74, 6) is 0. The summed E-state index contributed by atoms with van der Waals surface area (Å²) in [5, 5.41) is 0. The van der Waals surface area contributed by atoms with Crippen LogP contribution in [0.5, 0.6) is 0 Å². The van der Waals surface area contributed by atoms with Gasteiger partial charge in [0.25, 0.3) is 0 Å². The summed E-state index contributed by atoms with van der Waals surface area (Å²) < 4.78 is 10.7. The van der Waals surface area contributed by atoms with Crippen LogP contribution >= 0.6 is 0 Å². The molecule has 0 radical (unpaired) electrons. The lowest BCUT2D eigenvalue weighted by atomic mass is 10.6. The van der Waals surface area contributed by atoms with Crippen molar-refractivity contribution < 1.29 is 9.47 Å². The van der Waals surface area contributed by atoms with Gasteiger partial charge in [-0.25, -0.2) is 0 Å². The van der Waals surface area contributed by atoms with Crippen molar-refractivity contribution in [2.24, 2.45) is 0 Å². The summed E-state index contributed by atoms with van der Waals surface area (Å²) in [6, 6.07) is 0. The minimum Gasteiger partial charge on any atom is -0.378 e. The van der Waals surface area contributed by atoms with E-state index in [1.807, 2.05) is 28.2 Å². The smallest absolute Gasteiger partial charge is 0.0701 e. The molecule has 0 fully saturated rings. The molecule has 0 aromatic heterocycles. The molecule has 0 spiro atoms. The third-order valence-electron chi connectivity index (χ3n) is 1.74. The first kappa shape index (κ1) is 21.1. The molecular formula is C10H30N4O2. The zero-order chi connectivity index (χ0) is 10.8.